The summed E-state index contributed by atoms with van der Waals surface area (Å²) in [6.07, 6.45) is -0.289. The lowest BCUT2D eigenvalue weighted by atomic mass is 10.0. The normalized spacial score (nSPS) is 13.3. The van der Waals surface area contributed by atoms with Crippen molar-refractivity contribution in [3.8, 4) is 0 Å². The lowest BCUT2D eigenvalue weighted by Crippen LogP contribution is -2.32. The molecule has 128 valence electrons. The van der Waals surface area contributed by atoms with Gasteiger partial charge < -0.3 is 5.11 Å². The van der Waals surface area contributed by atoms with Gasteiger partial charge in [-0.3, -0.25) is 13.7 Å². The number of hydrogen-bond acceptors (Lipinski definition) is 2. The second-order valence-electron chi connectivity index (χ2n) is 5.61. The maximum absolute atomic E-state index is 12.1. The number of aliphatic carboxylic acids is 1. The van der Waals surface area contributed by atoms with Gasteiger partial charge in [-0.05, 0) is 28.5 Å². The van der Waals surface area contributed by atoms with Gasteiger partial charge in [0.15, 0.2) is 0 Å². The molecular weight excluding hydrogens is 338 g/mol. The Hall–Kier alpha value is -2.70. The summed E-state index contributed by atoms with van der Waals surface area (Å²) in [6.45, 7) is 0. The summed E-state index contributed by atoms with van der Waals surface area (Å²) in [4.78, 5) is 11.3. The number of benzene rings is 3. The minimum Gasteiger partial charge on any atom is -0.481 e. The van der Waals surface area contributed by atoms with Gasteiger partial charge >= 0.3 is 5.97 Å². The first-order valence-electron chi connectivity index (χ1n) is 7.72. The summed E-state index contributed by atoms with van der Waals surface area (Å²) in [6, 6.07) is 21.2. The van der Waals surface area contributed by atoms with Crippen molar-refractivity contribution in [1.29, 1.82) is 0 Å². The predicted octanol–water partition coefficient (Wildman–Crippen LogP) is 4.00. The summed E-state index contributed by atoms with van der Waals surface area (Å²) >= 11 is -2.37. The first-order chi connectivity index (χ1) is 12.1. The number of carboxylic acid groups (broad SMARTS) is 1. The molecule has 0 radical (unpaired) electrons. The van der Waals surface area contributed by atoms with Crippen LogP contribution in [0.2, 0.25) is 0 Å². The molecule has 0 spiro atoms. The van der Waals surface area contributed by atoms with Crippen LogP contribution in [0.15, 0.2) is 72.8 Å². The van der Waals surface area contributed by atoms with Crippen LogP contribution in [0.4, 0.5) is 5.69 Å². The zero-order chi connectivity index (χ0) is 17.8. The lowest BCUT2D eigenvalue weighted by molar-refractivity contribution is -0.137. The highest BCUT2D eigenvalue weighted by molar-refractivity contribution is 7.80. The first kappa shape index (κ1) is 17.1. The van der Waals surface area contributed by atoms with Crippen LogP contribution in [-0.4, -0.2) is 19.8 Å². The molecule has 2 atom stereocenters. The van der Waals surface area contributed by atoms with E-state index in [1.807, 2.05) is 36.4 Å². The molecule has 0 aromatic heterocycles. The largest absolute Gasteiger partial charge is 0.481 e. The number of nitrogens with zero attached hydrogens (tertiary/aromatic N) is 1. The van der Waals surface area contributed by atoms with Crippen LogP contribution >= 0.6 is 0 Å². The molecule has 5 nitrogen and oxygen atoms in total. The van der Waals surface area contributed by atoms with Crippen LogP contribution in [0, 0.1) is 0 Å². The number of carbonyl (C=O) groups is 1. The molecule has 0 aliphatic heterocycles. The molecular formula is C19H17NO4S. The van der Waals surface area contributed by atoms with Crippen molar-refractivity contribution in [3.05, 3.63) is 78.4 Å². The van der Waals surface area contributed by atoms with Gasteiger partial charge in [-0.1, -0.05) is 60.7 Å². The summed E-state index contributed by atoms with van der Waals surface area (Å²) in [5.41, 5.74) is 1.16. The van der Waals surface area contributed by atoms with Gasteiger partial charge in [0.1, 0.15) is 0 Å². The van der Waals surface area contributed by atoms with Crippen molar-refractivity contribution in [2.45, 2.75) is 12.5 Å². The second kappa shape index (κ2) is 7.46. The van der Waals surface area contributed by atoms with E-state index in [0.717, 1.165) is 10.8 Å². The van der Waals surface area contributed by atoms with Gasteiger partial charge in [0.05, 0.1) is 18.2 Å². The smallest absolute Gasteiger partial charge is 0.305 e. The van der Waals surface area contributed by atoms with E-state index in [-0.39, 0.29) is 6.42 Å². The second-order valence-corrected chi connectivity index (χ2v) is 6.47. The average molecular weight is 355 g/mol. The Balaban J connectivity index is 2.10. The van der Waals surface area contributed by atoms with Crippen LogP contribution in [0.3, 0.4) is 0 Å². The van der Waals surface area contributed by atoms with E-state index in [0.29, 0.717) is 11.3 Å². The number of rotatable bonds is 6. The maximum atomic E-state index is 12.1. The summed E-state index contributed by atoms with van der Waals surface area (Å²) in [5, 5.41) is 11.2. The monoisotopic (exact) mass is 355 g/mol. The Bertz CT molecular complexity index is 913. The summed E-state index contributed by atoms with van der Waals surface area (Å²) in [5.74, 6) is -1.04. The summed E-state index contributed by atoms with van der Waals surface area (Å²) < 4.78 is 23.2. The van der Waals surface area contributed by atoms with Gasteiger partial charge in [-0.25, -0.2) is 4.21 Å². The molecule has 3 rings (SSSR count). The third-order valence-electron chi connectivity index (χ3n) is 3.99. The molecule has 0 fully saturated rings. The third-order valence-corrected chi connectivity index (χ3v) is 4.79. The Kier molecular flexibility index (Phi) is 5.11. The Morgan fingerprint density at radius 3 is 2.24 bits per heavy atom. The van der Waals surface area contributed by atoms with Crippen LogP contribution in [0.1, 0.15) is 18.0 Å². The summed E-state index contributed by atoms with van der Waals surface area (Å²) in [7, 11) is 0. The van der Waals surface area contributed by atoms with Crippen LogP contribution in [0.25, 0.3) is 10.8 Å². The molecule has 0 bridgehead atoms. The highest BCUT2D eigenvalue weighted by Crippen LogP contribution is 2.33. The zero-order valence-electron chi connectivity index (χ0n) is 13.3. The molecule has 0 aliphatic carbocycles. The van der Waals surface area contributed by atoms with E-state index in [4.69, 9.17) is 0 Å². The van der Waals surface area contributed by atoms with E-state index >= 15 is 0 Å². The Morgan fingerprint density at radius 2 is 1.60 bits per heavy atom. The molecule has 2 N–H and O–H groups in total. The molecule has 0 saturated carbocycles. The fourth-order valence-electron chi connectivity index (χ4n) is 2.87. The Labute approximate surface area is 147 Å². The van der Waals surface area contributed by atoms with Gasteiger partial charge in [-0.15, -0.1) is 0 Å². The minimum absolute atomic E-state index is 0.289. The molecule has 0 amide bonds. The van der Waals surface area contributed by atoms with Crippen molar-refractivity contribution in [3.63, 3.8) is 0 Å². The van der Waals surface area contributed by atoms with Gasteiger partial charge in [0, 0.05) is 0 Å². The molecule has 2 unspecified atom stereocenters. The number of carboxylic acids is 1. The van der Waals surface area contributed by atoms with E-state index in [9.17, 15) is 18.7 Å². The third kappa shape index (κ3) is 3.87. The van der Waals surface area contributed by atoms with E-state index in [1.54, 1.807) is 36.4 Å². The molecule has 0 aliphatic rings. The standard InChI is InChI=1S/C19H17NO4S/c21-19(22)13-18(15-7-2-1-3-8-15)20(25(23)24)17-11-10-14-6-4-5-9-16(14)12-17/h1-12,18H,13H2,(H,21,22)(H,23,24). The molecule has 25 heavy (non-hydrogen) atoms. The van der Waals surface area contributed by atoms with Crippen molar-refractivity contribution >= 4 is 33.7 Å². The SMILES string of the molecule is O=C(O)CC(c1ccccc1)N(c1ccc2ccccc2c1)S(=O)O. The van der Waals surface area contributed by atoms with Crippen molar-refractivity contribution in [1.82, 2.24) is 0 Å². The zero-order valence-corrected chi connectivity index (χ0v) is 14.1. The number of anilines is 1. The topological polar surface area (TPSA) is 77.8 Å². The first-order valence-corrected chi connectivity index (χ1v) is 8.78. The molecule has 3 aromatic rings. The van der Waals surface area contributed by atoms with Gasteiger partial charge in [0.2, 0.25) is 0 Å². The quantitative estimate of drug-likeness (QED) is 0.655. The highest BCUT2D eigenvalue weighted by atomic mass is 32.2. The van der Waals surface area contributed by atoms with Crippen molar-refractivity contribution in [2.24, 2.45) is 0 Å². The molecule has 0 heterocycles. The predicted molar refractivity (Wildman–Crippen MR) is 98.6 cm³/mol. The highest BCUT2D eigenvalue weighted by Gasteiger charge is 2.27. The minimum atomic E-state index is -2.37. The van der Waals surface area contributed by atoms with E-state index in [2.05, 4.69) is 0 Å². The van der Waals surface area contributed by atoms with Gasteiger partial charge in [0.25, 0.3) is 11.3 Å². The molecule has 3 aromatic carbocycles. The van der Waals surface area contributed by atoms with Crippen molar-refractivity contribution < 1.29 is 18.7 Å². The van der Waals surface area contributed by atoms with Crippen LogP contribution in [-0.2, 0) is 16.1 Å². The average Bonchev–Trinajstić information content (AvgIpc) is 2.61. The van der Waals surface area contributed by atoms with Gasteiger partial charge in [-0.2, -0.15) is 0 Å². The fourth-order valence-corrected chi connectivity index (χ4v) is 3.58. The maximum Gasteiger partial charge on any atom is 0.305 e. The van der Waals surface area contributed by atoms with Crippen LogP contribution in [0.5, 0.6) is 0 Å². The molecule has 0 saturated heterocycles. The van der Waals surface area contributed by atoms with Crippen molar-refractivity contribution in [2.75, 3.05) is 4.31 Å². The molecule has 6 heteroatoms. The van der Waals surface area contributed by atoms with E-state index < -0.39 is 23.3 Å². The number of hydrogen-bond donors (Lipinski definition) is 2. The number of fused-ring (bicyclic) bond motifs is 1. The lowest BCUT2D eigenvalue weighted by Gasteiger charge is -2.29. The van der Waals surface area contributed by atoms with Crippen LogP contribution < -0.4 is 4.31 Å². The fraction of sp³-hybridized carbons (Fsp3) is 0.105. The van der Waals surface area contributed by atoms with E-state index in [1.165, 1.54) is 4.31 Å². The Morgan fingerprint density at radius 1 is 0.960 bits per heavy atom.